The highest BCUT2D eigenvalue weighted by Crippen LogP contribution is 2.25. The van der Waals surface area contributed by atoms with Crippen LogP contribution in [0, 0.1) is 6.92 Å². The Morgan fingerprint density at radius 1 is 1.42 bits per heavy atom. The number of halogens is 1. The second kappa shape index (κ2) is 4.86. The molecule has 0 aliphatic carbocycles. The molecule has 2 rings (SSSR count). The van der Waals surface area contributed by atoms with E-state index in [1.807, 2.05) is 0 Å². The fraction of sp³-hybridized carbons (Fsp3) is 0.250. The Bertz CT molecular complexity index is 723. The second-order valence-electron chi connectivity index (χ2n) is 4.30. The van der Waals surface area contributed by atoms with Crippen molar-refractivity contribution in [1.82, 2.24) is 9.78 Å². The number of nitrogens with two attached hydrogens (primary N) is 1. The van der Waals surface area contributed by atoms with Gasteiger partial charge in [0.25, 0.3) is 0 Å². The molecule has 0 saturated heterocycles. The van der Waals surface area contributed by atoms with Crippen LogP contribution < -0.4 is 5.73 Å². The molecule has 0 radical (unpaired) electrons. The molecule has 0 unspecified atom stereocenters. The van der Waals surface area contributed by atoms with Gasteiger partial charge in [0.2, 0.25) is 0 Å². The van der Waals surface area contributed by atoms with E-state index in [0.29, 0.717) is 22.1 Å². The predicted octanol–water partition coefficient (Wildman–Crippen LogP) is 1.94. The van der Waals surface area contributed by atoms with Crippen molar-refractivity contribution >= 4 is 27.1 Å². The van der Waals surface area contributed by atoms with Crippen LogP contribution in [0.2, 0.25) is 5.02 Å². The maximum absolute atomic E-state index is 12.3. The third kappa shape index (κ3) is 2.74. The fourth-order valence-electron chi connectivity index (χ4n) is 1.81. The van der Waals surface area contributed by atoms with E-state index >= 15 is 0 Å². The molecule has 0 amide bonds. The molecule has 0 atom stereocenters. The average molecular weight is 300 g/mol. The van der Waals surface area contributed by atoms with Crippen LogP contribution in [0.4, 0.5) is 5.69 Å². The second-order valence-corrected chi connectivity index (χ2v) is 6.67. The van der Waals surface area contributed by atoms with E-state index in [1.54, 1.807) is 26.1 Å². The lowest BCUT2D eigenvalue weighted by atomic mass is 10.3. The summed E-state index contributed by atoms with van der Waals surface area (Å²) < 4.78 is 26.1. The molecule has 0 aliphatic heterocycles. The van der Waals surface area contributed by atoms with E-state index in [1.165, 1.54) is 16.8 Å². The molecule has 0 fully saturated rings. The third-order valence-corrected chi connectivity index (χ3v) is 4.92. The summed E-state index contributed by atoms with van der Waals surface area (Å²) in [6.45, 7) is 1.74. The van der Waals surface area contributed by atoms with Crippen LogP contribution in [0.3, 0.4) is 0 Å². The molecule has 0 saturated carbocycles. The number of aryl methyl sites for hydroxylation is 2. The van der Waals surface area contributed by atoms with Crippen molar-refractivity contribution in [2.45, 2.75) is 17.6 Å². The lowest BCUT2D eigenvalue weighted by Crippen LogP contribution is -2.09. The SMILES string of the molecule is Cc1nn(C)c(CS(=O)(=O)c2cccc(N)c2)c1Cl. The first kappa shape index (κ1) is 13.9. The number of rotatable bonds is 3. The summed E-state index contributed by atoms with van der Waals surface area (Å²) >= 11 is 6.07. The van der Waals surface area contributed by atoms with Crippen LogP contribution in [0.5, 0.6) is 0 Å². The highest BCUT2D eigenvalue weighted by Gasteiger charge is 2.21. The van der Waals surface area contributed by atoms with Gasteiger partial charge in [-0.15, -0.1) is 0 Å². The number of hydrogen-bond acceptors (Lipinski definition) is 4. The zero-order chi connectivity index (χ0) is 14.2. The summed E-state index contributed by atoms with van der Waals surface area (Å²) in [6.07, 6.45) is 0. The minimum atomic E-state index is -3.49. The van der Waals surface area contributed by atoms with Gasteiger partial charge < -0.3 is 5.73 Å². The first-order valence-corrected chi connectivity index (χ1v) is 7.60. The van der Waals surface area contributed by atoms with Crippen molar-refractivity contribution in [3.05, 3.63) is 40.7 Å². The van der Waals surface area contributed by atoms with E-state index < -0.39 is 9.84 Å². The highest BCUT2D eigenvalue weighted by molar-refractivity contribution is 7.90. The van der Waals surface area contributed by atoms with Crippen molar-refractivity contribution in [2.75, 3.05) is 5.73 Å². The largest absolute Gasteiger partial charge is 0.399 e. The zero-order valence-electron chi connectivity index (χ0n) is 10.6. The summed E-state index contributed by atoms with van der Waals surface area (Å²) in [6, 6.07) is 6.20. The monoisotopic (exact) mass is 299 g/mol. The Labute approximate surface area is 116 Å². The van der Waals surface area contributed by atoms with Crippen molar-refractivity contribution in [1.29, 1.82) is 0 Å². The molecule has 5 nitrogen and oxygen atoms in total. The summed E-state index contributed by atoms with van der Waals surface area (Å²) in [5.74, 6) is -0.202. The summed E-state index contributed by atoms with van der Waals surface area (Å²) in [5, 5.41) is 4.49. The molecule has 7 heteroatoms. The molecule has 19 heavy (non-hydrogen) atoms. The number of aromatic nitrogens is 2. The summed E-state index contributed by atoms with van der Waals surface area (Å²) in [4.78, 5) is 0.183. The lowest BCUT2D eigenvalue weighted by Gasteiger charge is -2.06. The maximum Gasteiger partial charge on any atom is 0.184 e. The van der Waals surface area contributed by atoms with Crippen LogP contribution in [0.25, 0.3) is 0 Å². The summed E-state index contributed by atoms with van der Waals surface area (Å²) in [5.41, 5.74) is 7.10. The predicted molar refractivity (Wildman–Crippen MR) is 74.7 cm³/mol. The molecule has 102 valence electrons. The van der Waals surface area contributed by atoms with E-state index in [2.05, 4.69) is 5.10 Å². The van der Waals surface area contributed by atoms with Gasteiger partial charge in [0.05, 0.1) is 27.1 Å². The molecule has 2 N–H and O–H groups in total. The fourth-order valence-corrected chi connectivity index (χ4v) is 3.57. The van der Waals surface area contributed by atoms with E-state index in [4.69, 9.17) is 17.3 Å². The van der Waals surface area contributed by atoms with Gasteiger partial charge in [-0.25, -0.2) is 8.42 Å². The quantitative estimate of drug-likeness (QED) is 0.879. The number of benzene rings is 1. The average Bonchev–Trinajstić information content (AvgIpc) is 2.56. The van der Waals surface area contributed by atoms with Crippen molar-refractivity contribution in [3.8, 4) is 0 Å². The van der Waals surface area contributed by atoms with Gasteiger partial charge >= 0.3 is 0 Å². The molecule has 1 heterocycles. The topological polar surface area (TPSA) is 78.0 Å². The zero-order valence-corrected chi connectivity index (χ0v) is 12.2. The van der Waals surface area contributed by atoms with Gasteiger partial charge in [-0.3, -0.25) is 4.68 Å². The minimum Gasteiger partial charge on any atom is -0.399 e. The van der Waals surface area contributed by atoms with Crippen LogP contribution in [-0.4, -0.2) is 18.2 Å². The number of hydrogen-bond donors (Lipinski definition) is 1. The molecule has 1 aromatic carbocycles. The van der Waals surface area contributed by atoms with Gasteiger partial charge in [-0.1, -0.05) is 17.7 Å². The van der Waals surface area contributed by atoms with Crippen LogP contribution in [-0.2, 0) is 22.6 Å². The smallest absolute Gasteiger partial charge is 0.184 e. The summed E-state index contributed by atoms with van der Waals surface area (Å²) in [7, 11) is -1.82. The van der Waals surface area contributed by atoms with Gasteiger partial charge in [-0.05, 0) is 25.1 Å². The molecule has 1 aromatic heterocycles. The van der Waals surface area contributed by atoms with Crippen LogP contribution in [0.15, 0.2) is 29.2 Å². The normalized spacial score (nSPS) is 11.7. The Hall–Kier alpha value is -1.53. The molecule has 0 aliphatic rings. The maximum atomic E-state index is 12.3. The number of anilines is 1. The highest BCUT2D eigenvalue weighted by atomic mass is 35.5. The van der Waals surface area contributed by atoms with Gasteiger partial charge in [0.15, 0.2) is 9.84 Å². The molecular formula is C12H14ClN3O2S. The lowest BCUT2D eigenvalue weighted by molar-refractivity contribution is 0.591. The first-order valence-electron chi connectivity index (χ1n) is 5.57. The van der Waals surface area contributed by atoms with E-state index in [-0.39, 0.29) is 10.6 Å². The van der Waals surface area contributed by atoms with Crippen LogP contribution in [0.1, 0.15) is 11.4 Å². The van der Waals surface area contributed by atoms with Gasteiger partial charge in [0.1, 0.15) is 0 Å². The third-order valence-electron chi connectivity index (χ3n) is 2.81. The van der Waals surface area contributed by atoms with Crippen molar-refractivity contribution in [2.24, 2.45) is 7.05 Å². The van der Waals surface area contributed by atoms with E-state index in [0.717, 1.165) is 0 Å². The van der Waals surface area contributed by atoms with Crippen molar-refractivity contribution in [3.63, 3.8) is 0 Å². The van der Waals surface area contributed by atoms with Crippen LogP contribution >= 0.6 is 11.6 Å². The Kier molecular flexibility index (Phi) is 3.56. The molecule has 2 aromatic rings. The van der Waals surface area contributed by atoms with Gasteiger partial charge in [-0.2, -0.15) is 5.10 Å². The standard InChI is InChI=1S/C12H14ClN3O2S/c1-8-12(13)11(16(2)15-8)7-19(17,18)10-5-3-4-9(14)6-10/h3-6H,7,14H2,1-2H3. The Balaban J connectivity index is 2.42. The molecule has 0 bridgehead atoms. The minimum absolute atomic E-state index is 0.183. The molecule has 0 spiro atoms. The molecular weight excluding hydrogens is 286 g/mol. The number of nitrogens with zero attached hydrogens (tertiary/aromatic N) is 2. The first-order chi connectivity index (χ1) is 8.81. The Morgan fingerprint density at radius 3 is 2.63 bits per heavy atom. The number of nitrogen functional groups attached to an aromatic ring is 1. The Morgan fingerprint density at radius 2 is 2.11 bits per heavy atom. The number of sulfone groups is 1. The van der Waals surface area contributed by atoms with Crippen molar-refractivity contribution < 1.29 is 8.42 Å². The van der Waals surface area contributed by atoms with E-state index in [9.17, 15) is 8.42 Å². The van der Waals surface area contributed by atoms with Gasteiger partial charge in [0, 0.05) is 12.7 Å².